The van der Waals surface area contributed by atoms with Crippen LogP contribution in [0.1, 0.15) is 81.9 Å². The third kappa shape index (κ3) is 9.25. The van der Waals surface area contributed by atoms with E-state index in [4.69, 9.17) is 14.6 Å². The van der Waals surface area contributed by atoms with Crippen molar-refractivity contribution in [1.29, 1.82) is 0 Å². The first-order chi connectivity index (χ1) is 16.0. The van der Waals surface area contributed by atoms with Gasteiger partial charge in [-0.1, -0.05) is 64.3 Å². The molecule has 0 saturated heterocycles. The minimum Gasteiger partial charge on any atom is -0.462 e. The Kier molecular flexibility index (Phi) is 12.8. The first-order valence-corrected chi connectivity index (χ1v) is 13.1. The molecule has 1 aliphatic rings. The highest BCUT2D eigenvalue weighted by Gasteiger charge is 2.29. The van der Waals surface area contributed by atoms with Crippen LogP contribution in [0, 0.1) is 17.8 Å². The number of unbranched alkanes of at least 4 members (excludes halogenated alkanes) is 2. The molecule has 1 N–H and O–H groups in total. The van der Waals surface area contributed by atoms with E-state index in [-0.39, 0.29) is 18.1 Å². The zero-order valence-corrected chi connectivity index (χ0v) is 21.2. The summed E-state index contributed by atoms with van der Waals surface area (Å²) in [5, 5.41) is 9.05. The van der Waals surface area contributed by atoms with Gasteiger partial charge in [-0.05, 0) is 73.5 Å². The maximum Gasteiger partial charge on any atom is 0.335 e. The highest BCUT2D eigenvalue weighted by Crippen LogP contribution is 2.36. The third-order valence-corrected chi connectivity index (χ3v) is 7.39. The minimum absolute atomic E-state index is 0.107. The highest BCUT2D eigenvalue weighted by molar-refractivity contribution is 5.87. The van der Waals surface area contributed by atoms with Crippen molar-refractivity contribution in [2.75, 3.05) is 26.9 Å². The standard InChI is InChI=1S/C29H46O4/c1-5-7-8-9-24-13-17-26(25(6-2)18-24)14-10-23-11-15-27(16-12-23)28(20-32-4)21-33-29(31)22(3)19-30/h13,17-18,23,27-28,30H,3,5-12,14-16,19-21H2,1-2,4H3. The number of rotatable bonds is 15. The normalized spacial score (nSPS) is 19.3. The van der Waals surface area contributed by atoms with Crippen molar-refractivity contribution >= 4 is 5.97 Å². The monoisotopic (exact) mass is 458 g/mol. The molecule has 0 aromatic heterocycles. The van der Waals surface area contributed by atoms with Gasteiger partial charge in [-0.25, -0.2) is 4.79 Å². The Morgan fingerprint density at radius 2 is 1.85 bits per heavy atom. The molecule has 0 aliphatic heterocycles. The Bertz CT molecular complexity index is 718. The molecule has 4 heteroatoms. The topological polar surface area (TPSA) is 55.8 Å². The van der Waals surface area contributed by atoms with Gasteiger partial charge in [0.25, 0.3) is 0 Å². The fourth-order valence-corrected chi connectivity index (χ4v) is 5.18. The maximum absolute atomic E-state index is 11.9. The molecule has 2 rings (SSSR count). The number of hydrogen-bond acceptors (Lipinski definition) is 4. The number of aryl methyl sites for hydroxylation is 3. The summed E-state index contributed by atoms with van der Waals surface area (Å²) in [6.07, 6.45) is 13.4. The van der Waals surface area contributed by atoms with Crippen molar-refractivity contribution in [3.63, 3.8) is 0 Å². The van der Waals surface area contributed by atoms with Gasteiger partial charge in [0.05, 0.1) is 25.4 Å². The zero-order valence-electron chi connectivity index (χ0n) is 21.2. The number of carbonyl (C=O) groups excluding carboxylic acids is 1. The molecule has 1 saturated carbocycles. The predicted molar refractivity (Wildman–Crippen MR) is 135 cm³/mol. The van der Waals surface area contributed by atoms with Crippen LogP contribution in [0.4, 0.5) is 0 Å². The zero-order chi connectivity index (χ0) is 24.1. The van der Waals surface area contributed by atoms with E-state index in [1.807, 2.05) is 0 Å². The van der Waals surface area contributed by atoms with E-state index in [0.29, 0.717) is 19.1 Å². The van der Waals surface area contributed by atoms with Crippen LogP contribution in [-0.4, -0.2) is 38.0 Å². The lowest BCUT2D eigenvalue weighted by molar-refractivity contribution is -0.142. The summed E-state index contributed by atoms with van der Waals surface area (Å²) < 4.78 is 10.8. The summed E-state index contributed by atoms with van der Waals surface area (Å²) in [6, 6.07) is 7.18. The molecule has 1 fully saturated rings. The molecule has 1 unspecified atom stereocenters. The smallest absolute Gasteiger partial charge is 0.335 e. The van der Waals surface area contributed by atoms with Gasteiger partial charge in [0, 0.05) is 13.0 Å². The number of benzene rings is 1. The van der Waals surface area contributed by atoms with Gasteiger partial charge in [0.1, 0.15) is 0 Å². The van der Waals surface area contributed by atoms with Gasteiger partial charge in [-0.3, -0.25) is 0 Å². The van der Waals surface area contributed by atoms with E-state index < -0.39 is 5.97 Å². The minimum atomic E-state index is -0.504. The number of aliphatic hydroxyl groups is 1. The van der Waals surface area contributed by atoms with E-state index in [2.05, 4.69) is 38.6 Å². The molecular weight excluding hydrogens is 412 g/mol. The molecule has 0 heterocycles. The first-order valence-electron chi connectivity index (χ1n) is 13.1. The average Bonchev–Trinajstić information content (AvgIpc) is 2.85. The lowest BCUT2D eigenvalue weighted by atomic mass is 9.74. The maximum atomic E-state index is 11.9. The van der Waals surface area contributed by atoms with Crippen LogP contribution in [0.5, 0.6) is 0 Å². The molecule has 1 atom stereocenters. The Hall–Kier alpha value is -1.65. The quantitative estimate of drug-likeness (QED) is 0.197. The van der Waals surface area contributed by atoms with E-state index in [1.54, 1.807) is 7.11 Å². The fraction of sp³-hybridized carbons (Fsp3) is 0.690. The molecule has 0 spiro atoms. The van der Waals surface area contributed by atoms with E-state index >= 15 is 0 Å². The lowest BCUT2D eigenvalue weighted by Gasteiger charge is -2.33. The summed E-state index contributed by atoms with van der Waals surface area (Å²) in [5.41, 5.74) is 4.67. The molecule has 4 nitrogen and oxygen atoms in total. The first kappa shape index (κ1) is 27.6. The highest BCUT2D eigenvalue weighted by atomic mass is 16.5. The summed E-state index contributed by atoms with van der Waals surface area (Å²) in [7, 11) is 1.70. The molecule has 186 valence electrons. The van der Waals surface area contributed by atoms with E-state index in [9.17, 15) is 4.79 Å². The number of esters is 1. The lowest BCUT2D eigenvalue weighted by Crippen LogP contribution is -2.30. The SMILES string of the molecule is C=C(CO)C(=O)OCC(COC)C1CCC(CCc2ccc(CCCCC)cc2CC)CC1. The third-order valence-electron chi connectivity index (χ3n) is 7.39. The largest absolute Gasteiger partial charge is 0.462 e. The number of hydrogen-bond donors (Lipinski definition) is 1. The van der Waals surface area contributed by atoms with Crippen molar-refractivity contribution in [1.82, 2.24) is 0 Å². The Morgan fingerprint density at radius 3 is 2.48 bits per heavy atom. The van der Waals surface area contributed by atoms with Crippen molar-refractivity contribution in [3.05, 3.63) is 47.0 Å². The van der Waals surface area contributed by atoms with E-state index in [0.717, 1.165) is 25.2 Å². The van der Waals surface area contributed by atoms with Gasteiger partial charge in [0.15, 0.2) is 0 Å². The molecule has 1 aliphatic carbocycles. The van der Waals surface area contributed by atoms with Crippen LogP contribution in [0.2, 0.25) is 0 Å². The number of aliphatic hydroxyl groups excluding tert-OH is 1. The van der Waals surface area contributed by atoms with Crippen LogP contribution in [0.15, 0.2) is 30.4 Å². The second kappa shape index (κ2) is 15.3. The summed E-state index contributed by atoms with van der Waals surface area (Å²) >= 11 is 0. The Balaban J connectivity index is 1.81. The molecule has 1 aromatic rings. The Morgan fingerprint density at radius 1 is 1.09 bits per heavy atom. The fourth-order valence-electron chi connectivity index (χ4n) is 5.18. The van der Waals surface area contributed by atoms with Crippen molar-refractivity contribution in [2.45, 2.75) is 84.5 Å². The van der Waals surface area contributed by atoms with Crippen molar-refractivity contribution in [3.8, 4) is 0 Å². The number of methoxy groups -OCH3 is 1. The van der Waals surface area contributed by atoms with Crippen LogP contribution >= 0.6 is 0 Å². The van der Waals surface area contributed by atoms with Gasteiger partial charge in [0.2, 0.25) is 0 Å². The molecule has 0 radical (unpaired) electrons. The van der Waals surface area contributed by atoms with Crippen LogP contribution in [0.3, 0.4) is 0 Å². The predicted octanol–water partition coefficient (Wildman–Crippen LogP) is 6.08. The molecule has 0 bridgehead atoms. The number of ether oxygens (including phenoxy) is 2. The second-order valence-electron chi connectivity index (χ2n) is 9.81. The Labute approximate surface area is 201 Å². The number of carbonyl (C=O) groups is 1. The van der Waals surface area contributed by atoms with Gasteiger partial charge in [-0.15, -0.1) is 0 Å². The summed E-state index contributed by atoms with van der Waals surface area (Å²) in [5.74, 6) is 0.994. The molecule has 1 aromatic carbocycles. The summed E-state index contributed by atoms with van der Waals surface area (Å²) in [6.45, 7) is 8.65. The van der Waals surface area contributed by atoms with Gasteiger partial charge >= 0.3 is 5.97 Å². The van der Waals surface area contributed by atoms with E-state index in [1.165, 1.54) is 68.1 Å². The van der Waals surface area contributed by atoms with Crippen LogP contribution in [-0.2, 0) is 33.5 Å². The molecular formula is C29H46O4. The van der Waals surface area contributed by atoms with Gasteiger partial charge in [-0.2, -0.15) is 0 Å². The van der Waals surface area contributed by atoms with Gasteiger partial charge < -0.3 is 14.6 Å². The average molecular weight is 459 g/mol. The van der Waals surface area contributed by atoms with Crippen molar-refractivity contribution in [2.24, 2.45) is 17.8 Å². The summed E-state index contributed by atoms with van der Waals surface area (Å²) in [4.78, 5) is 11.9. The van der Waals surface area contributed by atoms with Crippen molar-refractivity contribution < 1.29 is 19.4 Å². The molecule has 0 amide bonds. The van der Waals surface area contributed by atoms with Crippen LogP contribution in [0.25, 0.3) is 0 Å². The second-order valence-corrected chi connectivity index (χ2v) is 9.81. The van der Waals surface area contributed by atoms with Crippen LogP contribution < -0.4 is 0 Å². The molecule has 33 heavy (non-hydrogen) atoms.